The maximum Gasteiger partial charge on any atom is 0.187 e. The molecule has 1 aliphatic rings. The van der Waals surface area contributed by atoms with Gasteiger partial charge in [0.25, 0.3) is 0 Å². The van der Waals surface area contributed by atoms with Crippen LogP contribution in [0.15, 0.2) is 170 Å². The first kappa shape index (κ1) is 32.0. The highest BCUT2D eigenvalue weighted by Crippen LogP contribution is 2.53. The van der Waals surface area contributed by atoms with Crippen molar-refractivity contribution in [2.75, 3.05) is 0 Å². The van der Waals surface area contributed by atoms with E-state index in [0.29, 0.717) is 23.2 Å². The Balaban J connectivity index is 1.16. The Morgan fingerprint density at radius 2 is 0.887 bits per heavy atom. The Morgan fingerprint density at radius 1 is 0.396 bits per heavy atom. The van der Waals surface area contributed by atoms with Gasteiger partial charge >= 0.3 is 0 Å². The van der Waals surface area contributed by atoms with Crippen LogP contribution in [0, 0.1) is 6.57 Å². The Kier molecular flexibility index (Phi) is 7.83. The zero-order valence-corrected chi connectivity index (χ0v) is 29.5. The van der Waals surface area contributed by atoms with Crippen molar-refractivity contribution in [1.82, 2.24) is 15.0 Å². The quantitative estimate of drug-likeness (QED) is 0.164. The molecule has 0 bridgehead atoms. The first-order chi connectivity index (χ1) is 26.0. The number of aromatic nitrogens is 3. The molecule has 1 heterocycles. The third-order valence-corrected chi connectivity index (χ3v) is 10.4. The van der Waals surface area contributed by atoms with E-state index in [1.807, 2.05) is 24.3 Å². The van der Waals surface area contributed by atoms with Crippen LogP contribution in [0.1, 0.15) is 25.0 Å². The number of hydrogen-bond acceptors (Lipinski definition) is 3. The van der Waals surface area contributed by atoms with Crippen molar-refractivity contribution >= 4 is 5.69 Å². The fourth-order valence-corrected chi connectivity index (χ4v) is 7.60. The van der Waals surface area contributed by atoms with Crippen molar-refractivity contribution < 1.29 is 0 Å². The molecule has 0 atom stereocenters. The van der Waals surface area contributed by atoms with Crippen LogP contribution in [0.2, 0.25) is 0 Å². The summed E-state index contributed by atoms with van der Waals surface area (Å²) in [4.78, 5) is 19.0. The second kappa shape index (κ2) is 13.0. The lowest BCUT2D eigenvalue weighted by molar-refractivity contribution is 0.660. The molecule has 250 valence electrons. The molecule has 0 radical (unpaired) electrons. The molecule has 0 saturated heterocycles. The highest BCUT2D eigenvalue weighted by Gasteiger charge is 2.36. The molecule has 4 heteroatoms. The van der Waals surface area contributed by atoms with Crippen LogP contribution in [-0.4, -0.2) is 15.0 Å². The van der Waals surface area contributed by atoms with E-state index in [2.05, 4.69) is 164 Å². The smallest absolute Gasteiger partial charge is 0.187 e. The molecule has 9 rings (SSSR count). The predicted molar refractivity (Wildman–Crippen MR) is 216 cm³/mol. The van der Waals surface area contributed by atoms with E-state index >= 15 is 0 Å². The van der Waals surface area contributed by atoms with Gasteiger partial charge in [-0.3, -0.25) is 0 Å². The zero-order chi connectivity index (χ0) is 35.9. The Hall–Kier alpha value is -6.96. The fraction of sp³-hybridized carbons (Fsp3) is 0.0612. The minimum atomic E-state index is -0.158. The van der Waals surface area contributed by atoms with Gasteiger partial charge in [-0.2, -0.15) is 0 Å². The second-order valence-corrected chi connectivity index (χ2v) is 14.0. The summed E-state index contributed by atoms with van der Waals surface area (Å²) < 4.78 is 0. The van der Waals surface area contributed by atoms with Gasteiger partial charge in [0.2, 0.25) is 0 Å². The predicted octanol–water partition coefficient (Wildman–Crippen LogP) is 12.7. The molecule has 53 heavy (non-hydrogen) atoms. The molecule has 0 amide bonds. The monoisotopic (exact) mass is 678 g/mol. The molecule has 7 aromatic carbocycles. The number of benzene rings is 7. The minimum Gasteiger partial charge on any atom is -0.238 e. The van der Waals surface area contributed by atoms with Gasteiger partial charge in [-0.1, -0.05) is 166 Å². The van der Waals surface area contributed by atoms with Crippen molar-refractivity contribution in [2.45, 2.75) is 19.3 Å². The van der Waals surface area contributed by atoms with Crippen LogP contribution in [0.25, 0.3) is 83.5 Å². The highest BCUT2D eigenvalue weighted by molar-refractivity contribution is 5.94. The molecule has 8 aromatic rings. The van der Waals surface area contributed by atoms with Crippen LogP contribution >= 0.6 is 0 Å². The molecule has 0 spiro atoms. The van der Waals surface area contributed by atoms with Gasteiger partial charge in [-0.15, -0.1) is 0 Å². The summed E-state index contributed by atoms with van der Waals surface area (Å²) >= 11 is 0. The lowest BCUT2D eigenvalue weighted by Crippen LogP contribution is -2.14. The molecule has 0 unspecified atom stereocenters. The van der Waals surface area contributed by atoms with Crippen molar-refractivity contribution in [3.8, 4) is 78.7 Å². The van der Waals surface area contributed by atoms with Gasteiger partial charge in [-0.25, -0.2) is 19.8 Å². The molecule has 0 saturated carbocycles. The summed E-state index contributed by atoms with van der Waals surface area (Å²) in [7, 11) is 0. The van der Waals surface area contributed by atoms with E-state index in [4.69, 9.17) is 21.5 Å². The Labute approximate surface area is 310 Å². The van der Waals surface area contributed by atoms with Gasteiger partial charge in [0.15, 0.2) is 23.2 Å². The zero-order valence-electron chi connectivity index (χ0n) is 29.5. The van der Waals surface area contributed by atoms with Crippen LogP contribution in [0.5, 0.6) is 0 Å². The van der Waals surface area contributed by atoms with Crippen molar-refractivity contribution in [3.63, 3.8) is 0 Å². The van der Waals surface area contributed by atoms with Crippen LogP contribution in [-0.2, 0) is 5.41 Å². The van der Waals surface area contributed by atoms with E-state index in [-0.39, 0.29) is 5.41 Å². The molecule has 1 aliphatic carbocycles. The summed E-state index contributed by atoms with van der Waals surface area (Å²) in [6.07, 6.45) is 0. The second-order valence-electron chi connectivity index (χ2n) is 14.0. The summed E-state index contributed by atoms with van der Waals surface area (Å²) in [6, 6.07) is 58.7. The number of nitrogens with zero attached hydrogens (tertiary/aromatic N) is 4. The molecular weight excluding hydrogens is 645 g/mol. The van der Waals surface area contributed by atoms with Gasteiger partial charge in [0.1, 0.15) is 0 Å². The minimum absolute atomic E-state index is 0.158. The van der Waals surface area contributed by atoms with Crippen LogP contribution in [0.3, 0.4) is 0 Å². The molecular formula is C49H34N4. The standard InChI is InChI=1S/C49H34N4/c1-49(2)43-28-27-40(50-3)31-42(43)45-41(21-12-22-44(45)49)34-23-25-35(26-24-34)46-51-47(38-19-10-17-36(29-38)32-13-6-4-7-14-32)53-48(52-46)39-20-11-18-37(30-39)33-15-8-5-9-16-33/h4-31H,1-2H3. The molecule has 0 N–H and O–H groups in total. The van der Waals surface area contributed by atoms with Crippen LogP contribution in [0.4, 0.5) is 5.69 Å². The maximum absolute atomic E-state index is 7.66. The van der Waals surface area contributed by atoms with Crippen molar-refractivity contribution in [2.24, 2.45) is 0 Å². The summed E-state index contributed by atoms with van der Waals surface area (Å²) in [6.45, 7) is 12.2. The summed E-state index contributed by atoms with van der Waals surface area (Å²) in [5, 5.41) is 0. The van der Waals surface area contributed by atoms with E-state index in [0.717, 1.165) is 55.6 Å². The number of fused-ring (bicyclic) bond motifs is 3. The lowest BCUT2D eigenvalue weighted by Gasteiger charge is -2.21. The van der Waals surface area contributed by atoms with E-state index in [9.17, 15) is 0 Å². The molecule has 1 aromatic heterocycles. The van der Waals surface area contributed by atoms with Gasteiger partial charge in [0.05, 0.1) is 6.57 Å². The van der Waals surface area contributed by atoms with Gasteiger partial charge < -0.3 is 0 Å². The fourth-order valence-electron chi connectivity index (χ4n) is 7.60. The SMILES string of the molecule is [C-]#[N+]c1ccc2c(c1)-c1c(-c3ccc(-c4nc(-c5cccc(-c6ccccc6)c5)nc(-c5cccc(-c6ccccc6)c5)n4)cc3)cccc1C2(C)C. The van der Waals surface area contributed by atoms with Crippen LogP contribution < -0.4 is 0 Å². The average molecular weight is 679 g/mol. The van der Waals surface area contributed by atoms with E-state index in [1.54, 1.807) is 0 Å². The first-order valence-electron chi connectivity index (χ1n) is 17.8. The Morgan fingerprint density at radius 3 is 1.45 bits per heavy atom. The summed E-state index contributed by atoms with van der Waals surface area (Å²) in [5.41, 5.74) is 14.8. The highest BCUT2D eigenvalue weighted by atomic mass is 15.0. The molecule has 4 nitrogen and oxygen atoms in total. The molecule has 0 fully saturated rings. The molecule has 0 aliphatic heterocycles. The maximum atomic E-state index is 7.66. The largest absolute Gasteiger partial charge is 0.238 e. The van der Waals surface area contributed by atoms with Crippen molar-refractivity contribution in [3.05, 3.63) is 192 Å². The third kappa shape index (κ3) is 5.79. The average Bonchev–Trinajstić information content (AvgIpc) is 3.46. The normalized spacial score (nSPS) is 12.5. The summed E-state index contributed by atoms with van der Waals surface area (Å²) in [5.74, 6) is 1.85. The van der Waals surface area contributed by atoms with Gasteiger partial charge in [-0.05, 0) is 73.8 Å². The van der Waals surface area contributed by atoms with E-state index in [1.165, 1.54) is 16.7 Å². The number of hydrogen-bond donors (Lipinski definition) is 0. The van der Waals surface area contributed by atoms with Gasteiger partial charge in [0, 0.05) is 22.1 Å². The first-order valence-corrected chi connectivity index (χ1v) is 17.8. The van der Waals surface area contributed by atoms with Crippen molar-refractivity contribution in [1.29, 1.82) is 0 Å². The lowest BCUT2D eigenvalue weighted by atomic mass is 9.82. The number of rotatable bonds is 6. The van der Waals surface area contributed by atoms with E-state index < -0.39 is 0 Å². The topological polar surface area (TPSA) is 43.0 Å². The Bertz CT molecular complexity index is 2590. The third-order valence-electron chi connectivity index (χ3n) is 10.4.